The highest BCUT2D eigenvalue weighted by molar-refractivity contribution is 7.80. The van der Waals surface area contributed by atoms with Gasteiger partial charge in [0.1, 0.15) is 11.0 Å². The van der Waals surface area contributed by atoms with E-state index in [9.17, 15) is 4.79 Å². The van der Waals surface area contributed by atoms with Gasteiger partial charge >= 0.3 is 5.97 Å². The lowest BCUT2D eigenvalue weighted by Crippen LogP contribution is -2.40. The summed E-state index contributed by atoms with van der Waals surface area (Å²) in [5.41, 5.74) is 4.17. The Morgan fingerprint density at radius 1 is 1.27 bits per heavy atom. The molecule has 1 unspecified atom stereocenters. The third-order valence-corrected chi connectivity index (χ3v) is 5.46. The Morgan fingerprint density at radius 2 is 2.08 bits per heavy atom. The molecule has 4 rings (SSSR count). The van der Waals surface area contributed by atoms with Crippen molar-refractivity contribution in [1.82, 2.24) is 10.3 Å². The number of anilines is 1. The zero-order valence-corrected chi connectivity index (χ0v) is 15.7. The van der Waals surface area contributed by atoms with Crippen LogP contribution in [0.5, 0.6) is 0 Å². The van der Waals surface area contributed by atoms with E-state index in [4.69, 9.17) is 21.9 Å². The van der Waals surface area contributed by atoms with Crippen molar-refractivity contribution in [2.24, 2.45) is 0 Å². The van der Waals surface area contributed by atoms with Crippen molar-refractivity contribution in [1.29, 1.82) is 0 Å². The van der Waals surface area contributed by atoms with Crippen LogP contribution in [0.1, 0.15) is 12.0 Å². The van der Waals surface area contributed by atoms with Crippen molar-refractivity contribution in [3.8, 4) is 10.6 Å². The van der Waals surface area contributed by atoms with Gasteiger partial charge in [-0.1, -0.05) is 6.07 Å². The molecule has 2 heterocycles. The van der Waals surface area contributed by atoms with E-state index in [0.29, 0.717) is 18.1 Å². The number of hydrogen-bond acceptors (Lipinski definition) is 5. The highest BCUT2D eigenvalue weighted by atomic mass is 32.1. The average molecular weight is 383 g/mol. The molecule has 1 saturated heterocycles. The second-order valence-electron chi connectivity index (χ2n) is 6.17. The van der Waals surface area contributed by atoms with Crippen LogP contribution in [0.2, 0.25) is 0 Å². The van der Waals surface area contributed by atoms with Crippen LogP contribution < -0.4 is 10.6 Å². The molecule has 3 aromatic rings. The van der Waals surface area contributed by atoms with Crippen LogP contribution in [0, 0.1) is 6.92 Å². The molecular weight excluding hydrogens is 366 g/mol. The van der Waals surface area contributed by atoms with Gasteiger partial charge in [0, 0.05) is 17.7 Å². The quantitative estimate of drug-likeness (QED) is 0.529. The van der Waals surface area contributed by atoms with E-state index >= 15 is 0 Å². The summed E-state index contributed by atoms with van der Waals surface area (Å²) in [4.78, 5) is 16.2. The number of fused-ring (bicyclic) bond motifs is 1. The number of aromatic nitrogens is 1. The van der Waals surface area contributed by atoms with E-state index in [-0.39, 0.29) is 12.0 Å². The van der Waals surface area contributed by atoms with Crippen molar-refractivity contribution in [2.45, 2.75) is 19.4 Å². The average Bonchev–Trinajstić information content (AvgIpc) is 3.21. The number of nitrogens with zero attached hydrogens (tertiary/aromatic N) is 1. The van der Waals surface area contributed by atoms with Gasteiger partial charge in [-0.25, -0.2) is 9.78 Å². The predicted octanol–water partition coefficient (Wildman–Crippen LogP) is 3.87. The van der Waals surface area contributed by atoms with Crippen molar-refractivity contribution in [3.63, 3.8) is 0 Å². The fraction of sp³-hybridized carbons (Fsp3) is 0.211. The second-order valence-corrected chi connectivity index (χ2v) is 7.61. The van der Waals surface area contributed by atoms with Crippen molar-refractivity contribution in [3.05, 3.63) is 48.0 Å². The number of thiazole rings is 1. The Kier molecular flexibility index (Phi) is 4.57. The number of carbonyl (C=O) groups excluding carboxylic acids is 1. The maximum absolute atomic E-state index is 11.5. The first kappa shape index (κ1) is 16.9. The van der Waals surface area contributed by atoms with E-state index < -0.39 is 0 Å². The minimum Gasteiger partial charge on any atom is -0.464 e. The number of cyclic esters (lactones) is 1. The summed E-state index contributed by atoms with van der Waals surface area (Å²) >= 11 is 6.95. The summed E-state index contributed by atoms with van der Waals surface area (Å²) < 4.78 is 6.11. The Balaban J connectivity index is 1.45. The Bertz CT molecular complexity index is 982. The largest absolute Gasteiger partial charge is 0.464 e. The maximum Gasteiger partial charge on any atom is 0.328 e. The second kappa shape index (κ2) is 7.01. The van der Waals surface area contributed by atoms with Crippen LogP contribution >= 0.6 is 23.6 Å². The molecule has 0 amide bonds. The van der Waals surface area contributed by atoms with Gasteiger partial charge in [-0.05, 0) is 61.1 Å². The molecule has 26 heavy (non-hydrogen) atoms. The van der Waals surface area contributed by atoms with E-state index in [1.54, 1.807) is 11.3 Å². The summed E-state index contributed by atoms with van der Waals surface area (Å²) in [5.74, 6) is -0.254. The zero-order chi connectivity index (χ0) is 18.1. The number of nitrogens with one attached hydrogen (secondary N) is 2. The highest BCUT2D eigenvalue weighted by Crippen LogP contribution is 2.31. The van der Waals surface area contributed by atoms with Gasteiger partial charge in [-0.15, -0.1) is 11.3 Å². The van der Waals surface area contributed by atoms with Crippen LogP contribution in [-0.4, -0.2) is 28.7 Å². The van der Waals surface area contributed by atoms with Crippen LogP contribution in [0.25, 0.3) is 20.8 Å². The zero-order valence-electron chi connectivity index (χ0n) is 14.1. The summed E-state index contributed by atoms with van der Waals surface area (Å²) in [5, 5.41) is 7.49. The normalized spacial score (nSPS) is 16.5. The fourth-order valence-electron chi connectivity index (χ4n) is 2.80. The van der Waals surface area contributed by atoms with Gasteiger partial charge in [0.05, 0.1) is 16.8 Å². The SMILES string of the molecule is Cc1ccc2nc(-c3ccc(NC(=S)NC4CCOC4=O)cc3)sc2c1. The monoisotopic (exact) mass is 383 g/mol. The molecule has 1 aliphatic rings. The first-order chi connectivity index (χ1) is 12.6. The standard InChI is InChI=1S/C19H17N3O2S2/c1-11-2-7-14-16(10-11)26-17(21-14)12-3-5-13(6-4-12)20-19(25)22-15-8-9-24-18(15)23/h2-7,10,15H,8-9H2,1H3,(H2,20,22,25). The smallest absolute Gasteiger partial charge is 0.328 e. The molecule has 7 heteroatoms. The molecule has 1 aliphatic heterocycles. The Hall–Kier alpha value is -2.51. The topological polar surface area (TPSA) is 63.3 Å². The lowest BCUT2D eigenvalue weighted by atomic mass is 10.2. The lowest BCUT2D eigenvalue weighted by molar-refractivity contribution is -0.139. The summed E-state index contributed by atoms with van der Waals surface area (Å²) in [6.45, 7) is 2.52. The van der Waals surface area contributed by atoms with Crippen LogP contribution in [0.4, 0.5) is 5.69 Å². The molecule has 132 valence electrons. The molecule has 1 aromatic heterocycles. The Labute approximate surface area is 160 Å². The van der Waals surface area contributed by atoms with Crippen LogP contribution in [-0.2, 0) is 9.53 Å². The molecule has 2 aromatic carbocycles. The van der Waals surface area contributed by atoms with E-state index in [2.05, 4.69) is 35.8 Å². The van der Waals surface area contributed by atoms with Crippen molar-refractivity contribution in [2.75, 3.05) is 11.9 Å². The van der Waals surface area contributed by atoms with E-state index in [1.165, 1.54) is 10.3 Å². The molecule has 0 spiro atoms. The molecular formula is C19H17N3O2S2. The molecule has 2 N–H and O–H groups in total. The van der Waals surface area contributed by atoms with Gasteiger partial charge in [-0.2, -0.15) is 0 Å². The first-order valence-electron chi connectivity index (χ1n) is 8.30. The van der Waals surface area contributed by atoms with E-state index in [0.717, 1.165) is 21.8 Å². The third kappa shape index (κ3) is 3.54. The summed E-state index contributed by atoms with van der Waals surface area (Å²) in [6, 6.07) is 13.9. The van der Waals surface area contributed by atoms with Crippen molar-refractivity contribution >= 4 is 50.5 Å². The molecule has 0 saturated carbocycles. The molecule has 0 aliphatic carbocycles. The predicted molar refractivity (Wildman–Crippen MR) is 109 cm³/mol. The van der Waals surface area contributed by atoms with Gasteiger partial charge in [-0.3, -0.25) is 0 Å². The fourth-order valence-corrected chi connectivity index (χ4v) is 4.13. The van der Waals surface area contributed by atoms with Crippen LogP contribution in [0.3, 0.4) is 0 Å². The number of thiocarbonyl (C=S) groups is 1. The van der Waals surface area contributed by atoms with E-state index in [1.807, 2.05) is 24.3 Å². The Morgan fingerprint density at radius 3 is 2.81 bits per heavy atom. The number of ether oxygens (including phenoxy) is 1. The number of carbonyl (C=O) groups is 1. The number of rotatable bonds is 3. The molecule has 0 bridgehead atoms. The molecule has 5 nitrogen and oxygen atoms in total. The number of hydrogen-bond donors (Lipinski definition) is 2. The van der Waals surface area contributed by atoms with Gasteiger partial charge in [0.15, 0.2) is 5.11 Å². The first-order valence-corrected chi connectivity index (χ1v) is 9.53. The number of aryl methyl sites for hydroxylation is 1. The summed E-state index contributed by atoms with van der Waals surface area (Å²) in [6.07, 6.45) is 0.636. The lowest BCUT2D eigenvalue weighted by Gasteiger charge is -2.13. The minimum atomic E-state index is -0.361. The van der Waals surface area contributed by atoms with Crippen LogP contribution in [0.15, 0.2) is 42.5 Å². The van der Waals surface area contributed by atoms with Gasteiger partial charge in [0.2, 0.25) is 0 Å². The molecule has 0 radical (unpaired) electrons. The third-order valence-electron chi connectivity index (χ3n) is 4.17. The van der Waals surface area contributed by atoms with Gasteiger partial charge in [0.25, 0.3) is 0 Å². The van der Waals surface area contributed by atoms with Gasteiger partial charge < -0.3 is 15.4 Å². The number of benzene rings is 2. The number of esters is 1. The highest BCUT2D eigenvalue weighted by Gasteiger charge is 2.26. The maximum atomic E-state index is 11.5. The molecule has 1 fully saturated rings. The van der Waals surface area contributed by atoms with Crippen molar-refractivity contribution < 1.29 is 9.53 Å². The minimum absolute atomic E-state index is 0.254. The summed E-state index contributed by atoms with van der Waals surface area (Å²) in [7, 11) is 0. The molecule has 1 atom stereocenters.